The predicted octanol–water partition coefficient (Wildman–Crippen LogP) is 1.96. The van der Waals surface area contributed by atoms with Gasteiger partial charge in [0.1, 0.15) is 0 Å². The molecule has 1 aromatic heterocycles. The van der Waals surface area contributed by atoms with E-state index in [0.717, 1.165) is 13.0 Å². The van der Waals surface area contributed by atoms with Crippen LogP contribution >= 0.6 is 15.9 Å². The van der Waals surface area contributed by atoms with Gasteiger partial charge in [-0.25, -0.2) is 10.9 Å². The number of hydrogen-bond donors (Lipinski definition) is 3. The molecule has 7 heteroatoms. The zero-order valence-electron chi connectivity index (χ0n) is 12.2. The molecule has 2 aromatic rings. The Morgan fingerprint density at radius 2 is 2.18 bits per heavy atom. The van der Waals surface area contributed by atoms with Crippen molar-refractivity contribution >= 4 is 21.8 Å². The van der Waals surface area contributed by atoms with Crippen LogP contribution in [0.2, 0.25) is 0 Å². The lowest BCUT2D eigenvalue weighted by molar-refractivity contribution is 0.0925. The highest BCUT2D eigenvalue weighted by Crippen LogP contribution is 2.21. The second kappa shape index (κ2) is 6.60. The van der Waals surface area contributed by atoms with Crippen molar-refractivity contribution in [2.75, 3.05) is 0 Å². The minimum absolute atomic E-state index is 0.128. The van der Waals surface area contributed by atoms with Gasteiger partial charge >= 0.3 is 0 Å². The third kappa shape index (κ3) is 3.21. The van der Waals surface area contributed by atoms with Crippen molar-refractivity contribution in [3.8, 4) is 0 Å². The number of hydrogen-bond acceptors (Lipinski definition) is 4. The molecule has 1 aromatic carbocycles. The zero-order chi connectivity index (χ0) is 15.5. The van der Waals surface area contributed by atoms with Crippen molar-refractivity contribution in [1.29, 1.82) is 0 Å². The van der Waals surface area contributed by atoms with Gasteiger partial charge in [-0.1, -0.05) is 30.3 Å². The molecule has 0 radical (unpaired) electrons. The number of carbonyl (C=O) groups excluding carboxylic acids is 1. The van der Waals surface area contributed by atoms with Gasteiger partial charge in [0, 0.05) is 25.2 Å². The number of amides is 1. The molecule has 6 nitrogen and oxygen atoms in total. The van der Waals surface area contributed by atoms with Crippen LogP contribution in [-0.4, -0.2) is 21.9 Å². The molecule has 1 saturated heterocycles. The maximum absolute atomic E-state index is 12.3. The van der Waals surface area contributed by atoms with Crippen LogP contribution in [0.15, 0.2) is 41.0 Å². The average Bonchev–Trinajstić information content (AvgIpc) is 3.14. The fourth-order valence-electron chi connectivity index (χ4n) is 2.49. The summed E-state index contributed by atoms with van der Waals surface area (Å²) in [5.74, 6) is -0.188. The number of halogens is 1. The van der Waals surface area contributed by atoms with Gasteiger partial charge in [0.25, 0.3) is 5.91 Å². The quantitative estimate of drug-likeness (QED) is 0.776. The number of nitrogens with one attached hydrogen (secondary N) is 3. The van der Waals surface area contributed by atoms with Gasteiger partial charge in [-0.15, -0.1) is 0 Å². The number of carbonyl (C=O) groups is 1. The summed E-state index contributed by atoms with van der Waals surface area (Å²) in [6.45, 7) is 2.71. The number of aryl methyl sites for hydroxylation is 1. The highest BCUT2D eigenvalue weighted by molar-refractivity contribution is 9.10. The molecule has 1 fully saturated rings. The van der Waals surface area contributed by atoms with Crippen molar-refractivity contribution < 1.29 is 4.79 Å². The smallest absolute Gasteiger partial charge is 0.274 e. The van der Waals surface area contributed by atoms with Crippen LogP contribution in [0.5, 0.6) is 0 Å². The SMILES string of the molecule is CCn1cc(Br)c(C(=O)NC2CC(c3ccccc3)NN2)n1. The Kier molecular flexibility index (Phi) is 4.56. The van der Waals surface area contributed by atoms with Crippen LogP contribution in [0.4, 0.5) is 0 Å². The van der Waals surface area contributed by atoms with E-state index in [9.17, 15) is 4.79 Å². The standard InChI is InChI=1S/C15H18BrN5O/c1-2-21-9-11(16)14(20-21)15(22)17-13-8-12(18-19-13)10-6-4-3-5-7-10/h3-7,9,12-13,18-19H,2,8H2,1H3,(H,17,22). The number of benzene rings is 1. The Morgan fingerprint density at radius 1 is 1.41 bits per heavy atom. The summed E-state index contributed by atoms with van der Waals surface area (Å²) < 4.78 is 2.43. The Balaban J connectivity index is 1.62. The second-order valence-corrected chi connectivity index (χ2v) is 6.05. The molecule has 2 unspecified atom stereocenters. The Morgan fingerprint density at radius 3 is 2.86 bits per heavy atom. The van der Waals surface area contributed by atoms with E-state index in [2.05, 4.69) is 49.3 Å². The minimum atomic E-state index is -0.188. The maximum Gasteiger partial charge on any atom is 0.274 e. The Labute approximate surface area is 137 Å². The molecular formula is C15H18BrN5O. The van der Waals surface area contributed by atoms with E-state index in [0.29, 0.717) is 10.2 Å². The van der Waals surface area contributed by atoms with Crippen molar-refractivity contribution in [3.63, 3.8) is 0 Å². The topological polar surface area (TPSA) is 71.0 Å². The lowest BCUT2D eigenvalue weighted by Crippen LogP contribution is -2.44. The average molecular weight is 364 g/mol. The van der Waals surface area contributed by atoms with Crippen LogP contribution < -0.4 is 16.2 Å². The van der Waals surface area contributed by atoms with Crippen LogP contribution in [0, 0.1) is 0 Å². The molecule has 22 heavy (non-hydrogen) atoms. The van der Waals surface area contributed by atoms with Gasteiger partial charge in [0.05, 0.1) is 10.6 Å². The summed E-state index contributed by atoms with van der Waals surface area (Å²) in [7, 11) is 0. The molecule has 0 spiro atoms. The highest BCUT2D eigenvalue weighted by Gasteiger charge is 2.27. The molecule has 0 bridgehead atoms. The molecule has 0 aliphatic carbocycles. The molecule has 2 atom stereocenters. The molecule has 1 amide bonds. The third-order valence-corrected chi connectivity index (χ3v) is 4.25. The number of hydrazine groups is 1. The first-order valence-corrected chi connectivity index (χ1v) is 8.06. The molecule has 116 valence electrons. The predicted molar refractivity (Wildman–Crippen MR) is 86.9 cm³/mol. The van der Waals surface area contributed by atoms with E-state index in [4.69, 9.17) is 0 Å². The molecule has 2 heterocycles. The maximum atomic E-state index is 12.3. The molecular weight excluding hydrogens is 346 g/mol. The molecule has 3 N–H and O–H groups in total. The van der Waals surface area contributed by atoms with Crippen molar-refractivity contribution in [3.05, 3.63) is 52.3 Å². The zero-order valence-corrected chi connectivity index (χ0v) is 13.8. The largest absolute Gasteiger partial charge is 0.334 e. The van der Waals surface area contributed by atoms with Crippen molar-refractivity contribution in [1.82, 2.24) is 25.9 Å². The minimum Gasteiger partial charge on any atom is -0.334 e. The first-order valence-electron chi connectivity index (χ1n) is 7.27. The fraction of sp³-hybridized carbons (Fsp3) is 0.333. The van der Waals surface area contributed by atoms with Crippen molar-refractivity contribution in [2.45, 2.75) is 32.1 Å². The summed E-state index contributed by atoms with van der Waals surface area (Å²) in [4.78, 5) is 12.3. The molecule has 0 saturated carbocycles. The van der Waals surface area contributed by atoms with Crippen LogP contribution in [-0.2, 0) is 6.54 Å². The van der Waals surface area contributed by atoms with Crippen molar-refractivity contribution in [2.24, 2.45) is 0 Å². The van der Waals surface area contributed by atoms with Crippen LogP contribution in [0.3, 0.4) is 0 Å². The summed E-state index contributed by atoms with van der Waals surface area (Å²) in [5.41, 5.74) is 7.93. The summed E-state index contributed by atoms with van der Waals surface area (Å²) in [6.07, 6.45) is 2.46. The number of nitrogens with zero attached hydrogens (tertiary/aromatic N) is 2. The number of aromatic nitrogens is 2. The van der Waals surface area contributed by atoms with Crippen LogP contribution in [0.1, 0.15) is 35.4 Å². The first kappa shape index (κ1) is 15.2. The van der Waals surface area contributed by atoms with E-state index in [-0.39, 0.29) is 18.1 Å². The summed E-state index contributed by atoms with van der Waals surface area (Å²) in [5, 5.41) is 7.21. The van der Waals surface area contributed by atoms with Gasteiger partial charge in [0.15, 0.2) is 5.69 Å². The molecule has 1 aliphatic rings. The fourth-order valence-corrected chi connectivity index (χ4v) is 2.99. The molecule has 1 aliphatic heterocycles. The lowest BCUT2D eigenvalue weighted by Gasteiger charge is -2.11. The van der Waals surface area contributed by atoms with Gasteiger partial charge in [-0.2, -0.15) is 5.10 Å². The van der Waals surface area contributed by atoms with E-state index in [1.807, 2.05) is 31.3 Å². The number of rotatable bonds is 4. The van der Waals surface area contributed by atoms with Gasteiger partial charge in [-0.3, -0.25) is 9.48 Å². The third-order valence-electron chi connectivity index (χ3n) is 3.67. The second-order valence-electron chi connectivity index (χ2n) is 5.20. The highest BCUT2D eigenvalue weighted by atomic mass is 79.9. The summed E-state index contributed by atoms with van der Waals surface area (Å²) in [6, 6.07) is 10.3. The first-order chi connectivity index (χ1) is 10.7. The normalized spacial score (nSPS) is 21.0. The van der Waals surface area contributed by atoms with Gasteiger partial charge < -0.3 is 5.32 Å². The Hall–Kier alpha value is -1.70. The summed E-state index contributed by atoms with van der Waals surface area (Å²) >= 11 is 3.38. The van der Waals surface area contributed by atoms with Gasteiger partial charge in [-0.05, 0) is 28.4 Å². The van der Waals surface area contributed by atoms with Gasteiger partial charge in [0.2, 0.25) is 0 Å². The lowest BCUT2D eigenvalue weighted by atomic mass is 10.0. The van der Waals surface area contributed by atoms with E-state index in [1.165, 1.54) is 5.56 Å². The van der Waals surface area contributed by atoms with E-state index < -0.39 is 0 Å². The van der Waals surface area contributed by atoms with Crippen LogP contribution in [0.25, 0.3) is 0 Å². The van der Waals surface area contributed by atoms with E-state index >= 15 is 0 Å². The molecule has 3 rings (SSSR count). The monoisotopic (exact) mass is 363 g/mol. The van der Waals surface area contributed by atoms with E-state index in [1.54, 1.807) is 4.68 Å². The Bertz CT molecular complexity index is 657.